The fourth-order valence-electron chi connectivity index (χ4n) is 2.82. The maximum absolute atomic E-state index is 11.2. The second kappa shape index (κ2) is 11.6. The van der Waals surface area contributed by atoms with Crippen LogP contribution in [-0.4, -0.2) is 24.3 Å². The van der Waals surface area contributed by atoms with Gasteiger partial charge in [0.15, 0.2) is 6.29 Å². The third-order valence-corrected chi connectivity index (χ3v) is 4.27. The Morgan fingerprint density at radius 1 is 1.00 bits per heavy atom. The molecule has 1 aromatic carbocycles. The second-order valence-electron chi connectivity index (χ2n) is 6.23. The molecule has 1 rings (SSSR count). The van der Waals surface area contributed by atoms with Gasteiger partial charge in [-0.15, -0.1) is 0 Å². The Morgan fingerprint density at radius 2 is 1.58 bits per heavy atom. The van der Waals surface area contributed by atoms with E-state index in [0.717, 1.165) is 31.6 Å². The number of unbranched alkanes of at least 4 members (excludes halogenated alkanes) is 6. The van der Waals surface area contributed by atoms with E-state index in [-0.39, 0.29) is 11.3 Å². The molecule has 0 aliphatic heterocycles. The molecule has 0 aromatic heterocycles. The molecule has 0 fully saturated rings. The molecule has 5 heteroatoms. The van der Waals surface area contributed by atoms with Gasteiger partial charge in [0.2, 0.25) is 0 Å². The number of anilines is 1. The number of carbonyl (C=O) groups is 1. The number of nitro benzene ring substituents is 1. The molecule has 0 saturated carbocycles. The molecule has 0 saturated heterocycles. The summed E-state index contributed by atoms with van der Waals surface area (Å²) in [5.74, 6) is 0. The fourth-order valence-corrected chi connectivity index (χ4v) is 2.82. The minimum atomic E-state index is -0.473. The van der Waals surface area contributed by atoms with Gasteiger partial charge in [0.1, 0.15) is 0 Å². The summed E-state index contributed by atoms with van der Waals surface area (Å²) < 4.78 is 0. The first-order valence-electron chi connectivity index (χ1n) is 9.12. The molecule has 0 radical (unpaired) electrons. The summed E-state index contributed by atoms with van der Waals surface area (Å²) in [7, 11) is 0. The van der Waals surface area contributed by atoms with Crippen molar-refractivity contribution in [2.45, 2.75) is 65.2 Å². The SMILES string of the molecule is CCCCCCN(CCCCCC)c1ccc(C=O)c([N+](=O)[O-])c1. The number of nitro groups is 1. The van der Waals surface area contributed by atoms with Crippen LogP contribution >= 0.6 is 0 Å². The van der Waals surface area contributed by atoms with Crippen molar-refractivity contribution in [3.05, 3.63) is 33.9 Å². The quantitative estimate of drug-likeness (QED) is 0.210. The van der Waals surface area contributed by atoms with Crippen molar-refractivity contribution in [1.82, 2.24) is 0 Å². The number of rotatable bonds is 13. The fraction of sp³-hybridized carbons (Fsp3) is 0.632. The van der Waals surface area contributed by atoms with Gasteiger partial charge >= 0.3 is 0 Å². The highest BCUT2D eigenvalue weighted by Crippen LogP contribution is 2.25. The number of nitrogens with zero attached hydrogens (tertiary/aromatic N) is 2. The van der Waals surface area contributed by atoms with Gasteiger partial charge < -0.3 is 4.90 Å². The van der Waals surface area contributed by atoms with Crippen LogP contribution in [0.3, 0.4) is 0 Å². The normalized spacial score (nSPS) is 10.6. The van der Waals surface area contributed by atoms with Crippen molar-refractivity contribution >= 4 is 17.7 Å². The van der Waals surface area contributed by atoms with E-state index in [0.29, 0.717) is 6.29 Å². The van der Waals surface area contributed by atoms with Gasteiger partial charge in [-0.2, -0.15) is 0 Å². The lowest BCUT2D eigenvalue weighted by Crippen LogP contribution is -2.26. The third-order valence-electron chi connectivity index (χ3n) is 4.27. The minimum Gasteiger partial charge on any atom is -0.371 e. The minimum absolute atomic E-state index is 0.102. The first-order chi connectivity index (χ1) is 11.6. The van der Waals surface area contributed by atoms with E-state index in [2.05, 4.69) is 18.7 Å². The molecule has 0 atom stereocenters. The van der Waals surface area contributed by atoms with E-state index >= 15 is 0 Å². The lowest BCUT2D eigenvalue weighted by molar-refractivity contribution is -0.385. The van der Waals surface area contributed by atoms with Crippen LogP contribution in [0.2, 0.25) is 0 Å². The van der Waals surface area contributed by atoms with Crippen molar-refractivity contribution in [2.75, 3.05) is 18.0 Å². The Kier molecular flexibility index (Phi) is 9.73. The van der Waals surface area contributed by atoms with Crippen LogP contribution in [0.25, 0.3) is 0 Å². The molecule has 0 unspecified atom stereocenters. The van der Waals surface area contributed by atoms with Crippen molar-refractivity contribution < 1.29 is 9.72 Å². The Hall–Kier alpha value is -1.91. The lowest BCUT2D eigenvalue weighted by atomic mass is 10.1. The first-order valence-corrected chi connectivity index (χ1v) is 9.12. The summed E-state index contributed by atoms with van der Waals surface area (Å²) in [6, 6.07) is 4.94. The molecule has 0 aliphatic rings. The second-order valence-corrected chi connectivity index (χ2v) is 6.23. The van der Waals surface area contributed by atoms with Crippen molar-refractivity contribution in [3.63, 3.8) is 0 Å². The van der Waals surface area contributed by atoms with Gasteiger partial charge in [0, 0.05) is 24.8 Å². The number of hydrogen-bond donors (Lipinski definition) is 0. The van der Waals surface area contributed by atoms with Crippen LogP contribution in [0.15, 0.2) is 18.2 Å². The summed E-state index contributed by atoms with van der Waals surface area (Å²) in [6.07, 6.45) is 9.89. The van der Waals surface area contributed by atoms with E-state index in [1.165, 1.54) is 38.5 Å². The van der Waals surface area contributed by atoms with Gasteiger partial charge in [0.05, 0.1) is 10.5 Å². The molecule has 0 heterocycles. The number of carbonyl (C=O) groups excluding carboxylic acids is 1. The highest BCUT2D eigenvalue weighted by molar-refractivity contribution is 5.83. The van der Waals surface area contributed by atoms with Crippen LogP contribution in [-0.2, 0) is 0 Å². The van der Waals surface area contributed by atoms with Crippen molar-refractivity contribution in [3.8, 4) is 0 Å². The van der Waals surface area contributed by atoms with E-state index < -0.39 is 4.92 Å². The Balaban J connectivity index is 2.84. The molecule has 134 valence electrons. The van der Waals surface area contributed by atoms with E-state index in [1.54, 1.807) is 12.1 Å². The summed E-state index contributed by atoms with van der Waals surface area (Å²) in [6.45, 7) is 6.18. The third kappa shape index (κ3) is 6.69. The van der Waals surface area contributed by atoms with Crippen LogP contribution < -0.4 is 4.90 Å². The smallest absolute Gasteiger partial charge is 0.281 e. The summed E-state index contributed by atoms with van der Waals surface area (Å²) in [5.41, 5.74) is 0.885. The summed E-state index contributed by atoms with van der Waals surface area (Å²) in [4.78, 5) is 23.9. The van der Waals surface area contributed by atoms with Gasteiger partial charge in [-0.25, -0.2) is 0 Å². The van der Waals surface area contributed by atoms with Crippen molar-refractivity contribution in [2.24, 2.45) is 0 Å². The zero-order chi connectivity index (χ0) is 17.8. The average molecular weight is 334 g/mol. The topological polar surface area (TPSA) is 63.5 Å². The molecule has 0 bridgehead atoms. The number of aldehydes is 1. The van der Waals surface area contributed by atoms with Crippen LogP contribution in [0.5, 0.6) is 0 Å². The Morgan fingerprint density at radius 3 is 2.04 bits per heavy atom. The molecular formula is C19H30N2O3. The van der Waals surface area contributed by atoms with Crippen LogP contribution in [0.4, 0.5) is 11.4 Å². The maximum Gasteiger partial charge on any atom is 0.281 e. The molecular weight excluding hydrogens is 304 g/mol. The van der Waals surface area contributed by atoms with Crippen LogP contribution in [0.1, 0.15) is 75.6 Å². The summed E-state index contributed by atoms with van der Waals surface area (Å²) >= 11 is 0. The number of benzene rings is 1. The predicted molar refractivity (Wildman–Crippen MR) is 99.0 cm³/mol. The van der Waals surface area contributed by atoms with Gasteiger partial charge in [-0.3, -0.25) is 14.9 Å². The predicted octanol–water partition coefficient (Wildman–Crippen LogP) is 5.37. The average Bonchev–Trinajstić information content (AvgIpc) is 2.59. The summed E-state index contributed by atoms with van der Waals surface area (Å²) in [5, 5.41) is 11.2. The molecule has 0 N–H and O–H groups in total. The van der Waals surface area contributed by atoms with Crippen molar-refractivity contribution in [1.29, 1.82) is 0 Å². The number of hydrogen-bond acceptors (Lipinski definition) is 4. The Labute approximate surface area is 145 Å². The van der Waals surface area contributed by atoms with Gasteiger partial charge in [-0.1, -0.05) is 52.4 Å². The molecule has 5 nitrogen and oxygen atoms in total. The monoisotopic (exact) mass is 334 g/mol. The Bertz CT molecular complexity index is 505. The first kappa shape index (κ1) is 20.1. The van der Waals surface area contributed by atoms with Gasteiger partial charge in [-0.05, 0) is 25.0 Å². The van der Waals surface area contributed by atoms with Gasteiger partial charge in [0.25, 0.3) is 5.69 Å². The van der Waals surface area contributed by atoms with E-state index in [1.807, 2.05) is 6.07 Å². The molecule has 0 amide bonds. The highest BCUT2D eigenvalue weighted by atomic mass is 16.6. The standard InChI is InChI=1S/C19H30N2O3/c1-3-5-7-9-13-20(14-10-8-6-4-2)18-12-11-17(16-22)19(15-18)21(23)24/h11-12,15-16H,3-10,13-14H2,1-2H3. The molecule has 1 aromatic rings. The zero-order valence-electron chi connectivity index (χ0n) is 15.0. The lowest BCUT2D eigenvalue weighted by Gasteiger charge is -2.25. The largest absolute Gasteiger partial charge is 0.371 e. The molecule has 24 heavy (non-hydrogen) atoms. The molecule has 0 aliphatic carbocycles. The highest BCUT2D eigenvalue weighted by Gasteiger charge is 2.16. The van der Waals surface area contributed by atoms with E-state index in [9.17, 15) is 14.9 Å². The zero-order valence-corrected chi connectivity index (χ0v) is 15.0. The van der Waals surface area contributed by atoms with Crippen LogP contribution in [0, 0.1) is 10.1 Å². The van der Waals surface area contributed by atoms with E-state index in [4.69, 9.17) is 0 Å². The molecule has 0 spiro atoms. The maximum atomic E-state index is 11.2.